The topological polar surface area (TPSA) is 63.2 Å². The lowest BCUT2D eigenvalue weighted by molar-refractivity contribution is 0.0950. The summed E-state index contributed by atoms with van der Waals surface area (Å²) in [5.41, 5.74) is 2.68. The lowest BCUT2D eigenvalue weighted by Gasteiger charge is -2.12. The Bertz CT molecular complexity index is 960. The number of pyridine rings is 1. The van der Waals surface area contributed by atoms with Crippen molar-refractivity contribution in [3.8, 4) is 5.75 Å². The van der Waals surface area contributed by atoms with Crippen molar-refractivity contribution < 1.29 is 13.9 Å². The lowest BCUT2D eigenvalue weighted by atomic mass is 10.2. The van der Waals surface area contributed by atoms with E-state index in [4.69, 9.17) is 4.74 Å². The van der Waals surface area contributed by atoms with Gasteiger partial charge in [-0.05, 0) is 42.8 Å². The molecule has 5 nitrogen and oxygen atoms in total. The fourth-order valence-electron chi connectivity index (χ4n) is 2.62. The maximum Gasteiger partial charge on any atom is 0.251 e. The molecule has 0 fully saturated rings. The molecule has 2 N–H and O–H groups in total. The van der Waals surface area contributed by atoms with Crippen LogP contribution in [0, 0.1) is 12.7 Å². The monoisotopic (exact) mass is 365 g/mol. The lowest BCUT2D eigenvalue weighted by Crippen LogP contribution is -2.23. The number of aromatic nitrogens is 1. The Balaban J connectivity index is 1.73. The number of carbonyl (C=O) groups is 1. The standard InChI is InChI=1S/C21H20FN3O2/c1-14-7-8-19(27-2)18(11-14)25-20-12-15(9-10-23-20)21(26)24-13-16-5-3-4-6-17(16)22/h3-12H,13H2,1-2H3,(H,23,25)(H,24,26). The van der Waals surface area contributed by atoms with E-state index in [9.17, 15) is 9.18 Å². The van der Waals surface area contributed by atoms with Gasteiger partial charge in [0.25, 0.3) is 5.91 Å². The average molecular weight is 365 g/mol. The third-order valence-corrected chi connectivity index (χ3v) is 4.04. The molecule has 0 saturated heterocycles. The van der Waals surface area contributed by atoms with Crippen molar-refractivity contribution >= 4 is 17.4 Å². The first-order valence-corrected chi connectivity index (χ1v) is 8.46. The normalized spacial score (nSPS) is 10.3. The first-order valence-electron chi connectivity index (χ1n) is 8.46. The Kier molecular flexibility index (Phi) is 5.66. The van der Waals surface area contributed by atoms with Gasteiger partial charge in [0.1, 0.15) is 17.4 Å². The molecule has 0 bridgehead atoms. The first-order chi connectivity index (χ1) is 13.1. The van der Waals surface area contributed by atoms with Gasteiger partial charge in [-0.3, -0.25) is 4.79 Å². The summed E-state index contributed by atoms with van der Waals surface area (Å²) in [5.74, 6) is 0.538. The van der Waals surface area contributed by atoms with Crippen molar-refractivity contribution in [2.75, 3.05) is 12.4 Å². The van der Waals surface area contributed by atoms with Crippen molar-refractivity contribution in [1.82, 2.24) is 10.3 Å². The second-order valence-electron chi connectivity index (χ2n) is 6.03. The number of ether oxygens (including phenoxy) is 1. The first kappa shape index (κ1) is 18.4. The van der Waals surface area contributed by atoms with Gasteiger partial charge in [-0.1, -0.05) is 24.3 Å². The molecule has 0 atom stereocenters. The number of nitrogens with zero attached hydrogens (tertiary/aromatic N) is 1. The van der Waals surface area contributed by atoms with Crippen LogP contribution in [0.25, 0.3) is 0 Å². The Labute approximate surface area is 157 Å². The highest BCUT2D eigenvalue weighted by Gasteiger charge is 2.10. The van der Waals surface area contributed by atoms with E-state index in [1.54, 1.807) is 43.6 Å². The maximum atomic E-state index is 13.7. The molecular formula is C21H20FN3O2. The number of hydrogen-bond acceptors (Lipinski definition) is 4. The van der Waals surface area contributed by atoms with Crippen LogP contribution in [0.5, 0.6) is 5.75 Å². The second-order valence-corrected chi connectivity index (χ2v) is 6.03. The molecule has 0 aliphatic carbocycles. The number of carbonyl (C=O) groups excluding carboxylic acids is 1. The third-order valence-electron chi connectivity index (χ3n) is 4.04. The predicted octanol–water partition coefficient (Wildman–Crippen LogP) is 4.21. The summed E-state index contributed by atoms with van der Waals surface area (Å²) in [6, 6.07) is 15.3. The van der Waals surface area contributed by atoms with Crippen LogP contribution in [0.15, 0.2) is 60.8 Å². The molecule has 0 aliphatic heterocycles. The minimum atomic E-state index is -0.346. The molecule has 2 aromatic carbocycles. The maximum absolute atomic E-state index is 13.7. The molecule has 1 amide bonds. The number of nitrogens with one attached hydrogen (secondary N) is 2. The van der Waals surface area contributed by atoms with Crippen LogP contribution in [-0.4, -0.2) is 18.0 Å². The molecule has 6 heteroatoms. The minimum absolute atomic E-state index is 0.113. The molecule has 0 spiro atoms. The van der Waals surface area contributed by atoms with Crippen molar-refractivity contribution in [2.24, 2.45) is 0 Å². The zero-order chi connectivity index (χ0) is 19.2. The van der Waals surface area contributed by atoms with E-state index >= 15 is 0 Å². The van der Waals surface area contributed by atoms with Crippen LogP contribution in [0.3, 0.4) is 0 Å². The highest BCUT2D eigenvalue weighted by Crippen LogP contribution is 2.28. The number of hydrogen-bond donors (Lipinski definition) is 2. The zero-order valence-electron chi connectivity index (χ0n) is 15.1. The molecule has 0 saturated carbocycles. The minimum Gasteiger partial charge on any atom is -0.495 e. The van der Waals surface area contributed by atoms with E-state index in [2.05, 4.69) is 15.6 Å². The van der Waals surface area contributed by atoms with Crippen molar-refractivity contribution in [2.45, 2.75) is 13.5 Å². The van der Waals surface area contributed by atoms with Crippen LogP contribution in [0.2, 0.25) is 0 Å². The predicted molar refractivity (Wildman–Crippen MR) is 103 cm³/mol. The van der Waals surface area contributed by atoms with E-state index in [0.717, 1.165) is 11.3 Å². The van der Waals surface area contributed by atoms with Gasteiger partial charge in [0.05, 0.1) is 12.8 Å². The Morgan fingerprint density at radius 3 is 2.74 bits per heavy atom. The Morgan fingerprint density at radius 2 is 1.96 bits per heavy atom. The van der Waals surface area contributed by atoms with Gasteiger partial charge < -0.3 is 15.4 Å². The molecule has 1 aromatic heterocycles. The van der Waals surface area contributed by atoms with E-state index in [-0.39, 0.29) is 18.3 Å². The SMILES string of the molecule is COc1ccc(C)cc1Nc1cc(C(=O)NCc2ccccc2F)ccn1. The number of methoxy groups -OCH3 is 1. The Hall–Kier alpha value is -3.41. The van der Waals surface area contributed by atoms with Gasteiger partial charge in [0.2, 0.25) is 0 Å². The van der Waals surface area contributed by atoms with Crippen LogP contribution in [0.1, 0.15) is 21.5 Å². The van der Waals surface area contributed by atoms with E-state index in [1.165, 1.54) is 6.07 Å². The molecule has 0 aliphatic rings. The number of rotatable bonds is 6. The third kappa shape index (κ3) is 4.61. The summed E-state index contributed by atoms with van der Waals surface area (Å²) in [7, 11) is 1.59. The summed E-state index contributed by atoms with van der Waals surface area (Å²) in [4.78, 5) is 16.6. The molecule has 27 heavy (non-hydrogen) atoms. The second kappa shape index (κ2) is 8.31. The largest absolute Gasteiger partial charge is 0.495 e. The molecule has 1 heterocycles. The van der Waals surface area contributed by atoms with Crippen molar-refractivity contribution in [3.05, 3.63) is 83.3 Å². The fraction of sp³-hybridized carbons (Fsp3) is 0.143. The highest BCUT2D eigenvalue weighted by atomic mass is 19.1. The summed E-state index contributed by atoms with van der Waals surface area (Å²) < 4.78 is 19.0. The van der Waals surface area contributed by atoms with Gasteiger partial charge in [-0.15, -0.1) is 0 Å². The molecule has 3 rings (SSSR count). The quantitative estimate of drug-likeness (QED) is 0.687. The summed E-state index contributed by atoms with van der Waals surface area (Å²) in [6.07, 6.45) is 1.54. The number of anilines is 2. The molecule has 138 valence electrons. The smallest absolute Gasteiger partial charge is 0.251 e. The molecular weight excluding hydrogens is 345 g/mol. The fourth-order valence-corrected chi connectivity index (χ4v) is 2.62. The highest BCUT2D eigenvalue weighted by molar-refractivity contribution is 5.94. The molecule has 0 unspecified atom stereocenters. The Morgan fingerprint density at radius 1 is 1.15 bits per heavy atom. The molecule has 3 aromatic rings. The van der Waals surface area contributed by atoms with Gasteiger partial charge in [0.15, 0.2) is 0 Å². The van der Waals surface area contributed by atoms with Gasteiger partial charge in [0, 0.05) is 23.9 Å². The van der Waals surface area contributed by atoms with Gasteiger partial charge in [-0.2, -0.15) is 0 Å². The van der Waals surface area contributed by atoms with Crippen molar-refractivity contribution in [3.63, 3.8) is 0 Å². The average Bonchev–Trinajstić information content (AvgIpc) is 2.67. The van der Waals surface area contributed by atoms with Crippen molar-refractivity contribution in [1.29, 1.82) is 0 Å². The van der Waals surface area contributed by atoms with E-state index < -0.39 is 0 Å². The number of halogens is 1. The van der Waals surface area contributed by atoms with Gasteiger partial charge in [-0.25, -0.2) is 9.37 Å². The number of benzene rings is 2. The van der Waals surface area contributed by atoms with Crippen LogP contribution >= 0.6 is 0 Å². The number of aryl methyl sites for hydroxylation is 1. The summed E-state index contributed by atoms with van der Waals surface area (Å²) >= 11 is 0. The van der Waals surface area contributed by atoms with Crippen LogP contribution in [-0.2, 0) is 6.54 Å². The van der Waals surface area contributed by atoms with Crippen LogP contribution in [0.4, 0.5) is 15.9 Å². The summed E-state index contributed by atoms with van der Waals surface area (Å²) in [5, 5.41) is 5.89. The summed E-state index contributed by atoms with van der Waals surface area (Å²) in [6.45, 7) is 2.09. The van der Waals surface area contributed by atoms with E-state index in [1.807, 2.05) is 25.1 Å². The number of amides is 1. The van der Waals surface area contributed by atoms with Gasteiger partial charge >= 0.3 is 0 Å². The zero-order valence-corrected chi connectivity index (χ0v) is 15.1. The van der Waals surface area contributed by atoms with Crippen LogP contribution < -0.4 is 15.4 Å². The molecule has 0 radical (unpaired) electrons. The van der Waals surface area contributed by atoms with E-state index in [0.29, 0.717) is 22.7 Å².